The van der Waals surface area contributed by atoms with Crippen molar-refractivity contribution >= 4 is 13.2 Å². The molecule has 1 aliphatic heterocycles. The monoisotopic (exact) mass is 341 g/mol. The van der Waals surface area contributed by atoms with Gasteiger partial charge in [0, 0.05) is 17.8 Å². The maximum Gasteiger partial charge on any atom is 0.525 e. The predicted molar refractivity (Wildman–Crippen MR) is 95.9 cm³/mol. The third-order valence-corrected chi connectivity index (χ3v) is 4.54. The molecule has 1 aliphatic rings. The molecular weight excluding hydrogens is 320 g/mol. The summed E-state index contributed by atoms with van der Waals surface area (Å²) in [6.45, 7) is 7.55. The van der Waals surface area contributed by atoms with E-state index in [0.29, 0.717) is 17.2 Å². The number of hydrogen-bond acceptors (Lipinski definition) is 4. The lowest BCUT2D eigenvalue weighted by Crippen LogP contribution is -2.41. The largest absolute Gasteiger partial charge is 0.525 e. The molecule has 130 valence electrons. The summed E-state index contributed by atoms with van der Waals surface area (Å²) < 4.78 is 32.0. The van der Waals surface area contributed by atoms with Gasteiger partial charge >= 0.3 is 7.12 Å². The normalized spacial score (nSPS) is 19.1. The van der Waals surface area contributed by atoms with Crippen LogP contribution in [-0.2, 0) is 9.31 Å². The van der Waals surface area contributed by atoms with Crippen LogP contribution in [0.2, 0.25) is 0 Å². The van der Waals surface area contributed by atoms with Crippen molar-refractivity contribution in [1.29, 1.82) is 0 Å². The second-order valence-corrected chi connectivity index (χ2v) is 6.93. The Morgan fingerprint density at radius 1 is 1.04 bits per heavy atom. The molecule has 0 radical (unpaired) electrons. The topological polar surface area (TPSA) is 40.6 Å². The van der Waals surface area contributed by atoms with E-state index in [1.54, 1.807) is 30.5 Å². The third-order valence-electron chi connectivity index (χ3n) is 4.54. The Bertz CT molecular complexity index is 761. The Morgan fingerprint density at radius 2 is 1.68 bits per heavy atom. The van der Waals surface area contributed by atoms with Gasteiger partial charge in [0.2, 0.25) is 5.88 Å². The Kier molecular flexibility index (Phi) is 4.67. The molecule has 2 aromatic rings. The molecule has 0 unspecified atom stereocenters. The lowest BCUT2D eigenvalue weighted by atomic mass is 9.86. The Morgan fingerprint density at radius 3 is 2.32 bits per heavy atom. The Balaban J connectivity index is 1.84. The van der Waals surface area contributed by atoms with E-state index in [-0.39, 0.29) is 0 Å². The molecule has 2 heterocycles. The molecule has 4 nitrogen and oxygen atoms in total. The van der Waals surface area contributed by atoms with Crippen LogP contribution < -0.4 is 4.74 Å². The van der Waals surface area contributed by atoms with E-state index < -0.39 is 24.0 Å². The van der Waals surface area contributed by atoms with Crippen molar-refractivity contribution in [2.24, 2.45) is 0 Å². The van der Waals surface area contributed by atoms with Gasteiger partial charge < -0.3 is 14.0 Å². The average Bonchev–Trinajstić information content (AvgIpc) is 2.78. The first-order chi connectivity index (χ1) is 11.8. The van der Waals surface area contributed by atoms with Crippen molar-refractivity contribution in [3.05, 3.63) is 60.0 Å². The number of ether oxygens (including phenoxy) is 1. The van der Waals surface area contributed by atoms with Crippen molar-refractivity contribution in [2.75, 3.05) is 0 Å². The predicted octanol–water partition coefficient (Wildman–Crippen LogP) is 4.82. The van der Waals surface area contributed by atoms with Gasteiger partial charge in [0.05, 0.1) is 11.2 Å². The minimum Gasteiger partial charge on any atom is -0.438 e. The molecule has 0 N–H and O–H groups in total. The maximum atomic E-state index is 14.7. The van der Waals surface area contributed by atoms with Crippen LogP contribution in [0, 0.1) is 0 Å². The van der Waals surface area contributed by atoms with E-state index >= 15 is 0 Å². The summed E-state index contributed by atoms with van der Waals surface area (Å²) in [6, 6.07) is 12.5. The number of pyridine rings is 1. The molecule has 0 amide bonds. The van der Waals surface area contributed by atoms with E-state index in [2.05, 4.69) is 4.98 Å². The highest BCUT2D eigenvalue weighted by atomic mass is 19.1. The maximum absolute atomic E-state index is 14.7. The van der Waals surface area contributed by atoms with Gasteiger partial charge in [-0.05, 0) is 45.9 Å². The van der Waals surface area contributed by atoms with Crippen molar-refractivity contribution in [1.82, 2.24) is 4.98 Å². The highest BCUT2D eigenvalue weighted by molar-refractivity contribution is 6.54. The summed E-state index contributed by atoms with van der Waals surface area (Å²) in [4.78, 5) is 4.12. The zero-order valence-corrected chi connectivity index (χ0v) is 14.8. The molecule has 3 rings (SSSR count). The molecule has 0 saturated carbocycles. The number of hydrogen-bond donors (Lipinski definition) is 0. The number of benzene rings is 1. The quantitative estimate of drug-likeness (QED) is 0.748. The van der Waals surface area contributed by atoms with Gasteiger partial charge in [-0.1, -0.05) is 24.3 Å². The molecule has 0 atom stereocenters. The second kappa shape index (κ2) is 6.62. The molecule has 1 aromatic carbocycles. The zero-order valence-electron chi connectivity index (χ0n) is 14.8. The van der Waals surface area contributed by atoms with Crippen LogP contribution >= 0.6 is 0 Å². The first kappa shape index (κ1) is 17.6. The van der Waals surface area contributed by atoms with Crippen molar-refractivity contribution in [3.63, 3.8) is 0 Å². The summed E-state index contributed by atoms with van der Waals surface area (Å²) in [5.74, 6) is 0.951. The first-order valence-corrected chi connectivity index (χ1v) is 8.19. The van der Waals surface area contributed by atoms with Crippen LogP contribution in [0.4, 0.5) is 4.39 Å². The minimum absolute atomic E-state index is 0.444. The van der Waals surface area contributed by atoms with Gasteiger partial charge in [-0.3, -0.25) is 0 Å². The van der Waals surface area contributed by atoms with Crippen LogP contribution in [0.3, 0.4) is 0 Å². The van der Waals surface area contributed by atoms with Gasteiger partial charge in [-0.15, -0.1) is 0 Å². The highest BCUT2D eigenvalue weighted by Crippen LogP contribution is 2.39. The second-order valence-electron chi connectivity index (χ2n) is 6.93. The van der Waals surface area contributed by atoms with E-state index in [0.717, 1.165) is 0 Å². The molecule has 1 aromatic heterocycles. The smallest absolute Gasteiger partial charge is 0.438 e. The Hall–Kier alpha value is -2.18. The molecule has 25 heavy (non-hydrogen) atoms. The minimum atomic E-state index is -1.03. The van der Waals surface area contributed by atoms with E-state index in [1.165, 1.54) is 6.08 Å². The molecule has 1 saturated heterocycles. The lowest BCUT2D eigenvalue weighted by molar-refractivity contribution is 0.00578. The van der Waals surface area contributed by atoms with Gasteiger partial charge in [-0.2, -0.15) is 0 Å². The average molecular weight is 341 g/mol. The highest BCUT2D eigenvalue weighted by Gasteiger charge is 2.53. The van der Waals surface area contributed by atoms with Gasteiger partial charge in [0.25, 0.3) is 0 Å². The van der Waals surface area contributed by atoms with E-state index in [4.69, 9.17) is 14.0 Å². The fourth-order valence-corrected chi connectivity index (χ4v) is 2.39. The van der Waals surface area contributed by atoms with Gasteiger partial charge in [0.15, 0.2) is 0 Å². The van der Waals surface area contributed by atoms with Crippen molar-refractivity contribution in [3.8, 4) is 11.6 Å². The number of rotatable bonds is 4. The van der Waals surface area contributed by atoms with Crippen molar-refractivity contribution in [2.45, 2.75) is 38.9 Å². The number of aromatic nitrogens is 1. The van der Waals surface area contributed by atoms with E-state index in [1.807, 2.05) is 45.9 Å². The third kappa shape index (κ3) is 3.75. The fraction of sp³-hybridized carbons (Fsp3) is 0.316. The standard InChI is InChI=1S/C19H21BFNO3/c1-18(2)19(3,4)25-20(24-18)16(21)13-14-9-5-6-10-15(14)23-17-11-7-8-12-22-17/h5-13H,1-4H3. The molecule has 0 bridgehead atoms. The summed E-state index contributed by atoms with van der Waals surface area (Å²) in [5, 5.41) is 0. The SMILES string of the molecule is CC1(C)OB(C(F)=Cc2ccccc2Oc2ccccn2)OC1(C)C. The first-order valence-electron chi connectivity index (χ1n) is 8.19. The molecule has 1 fully saturated rings. The summed E-state index contributed by atoms with van der Waals surface area (Å²) in [7, 11) is -1.03. The zero-order chi connectivity index (χ0) is 18.1. The molecule has 6 heteroatoms. The van der Waals surface area contributed by atoms with Crippen LogP contribution in [-0.4, -0.2) is 23.3 Å². The van der Waals surface area contributed by atoms with Crippen LogP contribution in [0.1, 0.15) is 33.3 Å². The summed E-state index contributed by atoms with van der Waals surface area (Å²) in [6.07, 6.45) is 3.01. The van der Waals surface area contributed by atoms with Crippen LogP contribution in [0.5, 0.6) is 11.6 Å². The lowest BCUT2D eigenvalue weighted by Gasteiger charge is -2.32. The summed E-state index contributed by atoms with van der Waals surface area (Å²) >= 11 is 0. The molecule has 0 aliphatic carbocycles. The number of nitrogens with zero attached hydrogens (tertiary/aromatic N) is 1. The van der Waals surface area contributed by atoms with Gasteiger partial charge in [0.1, 0.15) is 11.5 Å². The fourth-order valence-electron chi connectivity index (χ4n) is 2.39. The molecular formula is C19H21BFNO3. The molecule has 0 spiro atoms. The Labute approximate surface area is 147 Å². The van der Waals surface area contributed by atoms with Crippen molar-refractivity contribution < 1.29 is 18.4 Å². The summed E-state index contributed by atoms with van der Waals surface area (Å²) in [5.41, 5.74) is -1.10. The van der Waals surface area contributed by atoms with E-state index in [9.17, 15) is 4.39 Å². The number of para-hydroxylation sites is 1. The van der Waals surface area contributed by atoms with Gasteiger partial charge in [-0.25, -0.2) is 9.37 Å². The van der Waals surface area contributed by atoms with Crippen LogP contribution in [0.15, 0.2) is 54.4 Å². The number of halogens is 1. The van der Waals surface area contributed by atoms with Crippen LogP contribution in [0.25, 0.3) is 6.08 Å².